The first-order chi connectivity index (χ1) is 14.0. The van der Waals surface area contributed by atoms with Crippen molar-refractivity contribution in [3.05, 3.63) is 115 Å². The molecule has 0 spiro atoms. The number of aromatic nitrogens is 2. The molecular formula is C23H18N2O3S. The maximum atomic E-state index is 12.9. The molecule has 0 aliphatic rings. The van der Waals surface area contributed by atoms with Gasteiger partial charge < -0.3 is 0 Å². The van der Waals surface area contributed by atoms with Crippen LogP contribution in [0.15, 0.2) is 82.5 Å². The number of thiazole rings is 1. The zero-order valence-electron chi connectivity index (χ0n) is 15.7. The first-order valence-corrected chi connectivity index (χ1v) is 9.93. The third kappa shape index (κ3) is 3.75. The van der Waals surface area contributed by atoms with E-state index in [0.717, 1.165) is 22.5 Å². The maximum Gasteiger partial charge on any atom is 0.336 e. The lowest BCUT2D eigenvalue weighted by molar-refractivity contribution is 0.105. The van der Waals surface area contributed by atoms with Gasteiger partial charge in [0, 0.05) is 11.8 Å². The number of benzene rings is 2. The quantitative estimate of drug-likeness (QED) is 0.377. The van der Waals surface area contributed by atoms with Crippen molar-refractivity contribution in [3.8, 4) is 0 Å². The molecule has 2 aromatic carbocycles. The molecule has 0 bridgehead atoms. The van der Waals surface area contributed by atoms with Crippen LogP contribution in [-0.2, 0) is 6.54 Å². The van der Waals surface area contributed by atoms with Crippen LogP contribution in [-0.4, -0.2) is 14.8 Å². The van der Waals surface area contributed by atoms with Crippen molar-refractivity contribution < 1.29 is 4.79 Å². The van der Waals surface area contributed by atoms with Gasteiger partial charge in [-0.1, -0.05) is 66.7 Å². The molecule has 0 amide bonds. The molecule has 4 rings (SSSR count). The number of hydrogen-bond donors (Lipinski definition) is 0. The van der Waals surface area contributed by atoms with Gasteiger partial charge in [-0.25, -0.2) is 4.79 Å². The summed E-state index contributed by atoms with van der Waals surface area (Å²) in [6.07, 6.45) is 4.74. The first kappa shape index (κ1) is 18.8. The Balaban J connectivity index is 1.74. The highest BCUT2D eigenvalue weighted by Gasteiger charge is 2.16. The van der Waals surface area contributed by atoms with Gasteiger partial charge in [-0.15, -0.1) is 11.3 Å². The van der Waals surface area contributed by atoms with Gasteiger partial charge >= 0.3 is 5.69 Å². The smallest absolute Gasteiger partial charge is 0.288 e. The standard InChI is InChI=1S/C23H18N2O3S/c1-16-21(27)24(14-18-10-6-3-7-11-18)23(28)25-15-20(29-22(16)25)19(26)13-12-17-8-4-2-5-9-17/h2-13,15H,14H2,1H3. The average Bonchev–Trinajstić information content (AvgIpc) is 3.21. The van der Waals surface area contributed by atoms with E-state index < -0.39 is 5.69 Å². The Morgan fingerprint density at radius 3 is 2.34 bits per heavy atom. The van der Waals surface area contributed by atoms with E-state index in [1.807, 2.05) is 60.7 Å². The first-order valence-electron chi connectivity index (χ1n) is 9.11. The van der Waals surface area contributed by atoms with E-state index in [1.165, 1.54) is 21.2 Å². The number of carbonyl (C=O) groups excluding carboxylic acids is 1. The largest absolute Gasteiger partial charge is 0.336 e. The lowest BCUT2D eigenvalue weighted by Crippen LogP contribution is -2.38. The number of allylic oxidation sites excluding steroid dienone is 1. The fraction of sp³-hybridized carbons (Fsp3) is 0.0870. The van der Waals surface area contributed by atoms with Gasteiger partial charge in [-0.05, 0) is 24.1 Å². The number of fused-ring (bicyclic) bond motifs is 1. The number of carbonyl (C=O) groups is 1. The minimum absolute atomic E-state index is 0.190. The molecule has 0 saturated carbocycles. The van der Waals surface area contributed by atoms with E-state index in [9.17, 15) is 14.4 Å². The summed E-state index contributed by atoms with van der Waals surface area (Å²) < 4.78 is 2.60. The topological polar surface area (TPSA) is 60.6 Å². The van der Waals surface area contributed by atoms with Crippen LogP contribution in [0.3, 0.4) is 0 Å². The molecular weight excluding hydrogens is 384 g/mol. The van der Waals surface area contributed by atoms with E-state index in [-0.39, 0.29) is 17.9 Å². The molecule has 0 aliphatic heterocycles. The van der Waals surface area contributed by atoms with E-state index in [2.05, 4.69) is 0 Å². The van der Waals surface area contributed by atoms with Crippen molar-refractivity contribution in [1.29, 1.82) is 0 Å². The monoisotopic (exact) mass is 402 g/mol. The zero-order chi connectivity index (χ0) is 20.4. The van der Waals surface area contributed by atoms with E-state index in [1.54, 1.807) is 13.0 Å². The molecule has 29 heavy (non-hydrogen) atoms. The summed E-state index contributed by atoms with van der Waals surface area (Å²) in [7, 11) is 0. The van der Waals surface area contributed by atoms with E-state index in [0.29, 0.717) is 15.3 Å². The Morgan fingerprint density at radius 1 is 1.00 bits per heavy atom. The van der Waals surface area contributed by atoms with Gasteiger partial charge in [0.05, 0.1) is 11.4 Å². The van der Waals surface area contributed by atoms with Crippen LogP contribution >= 0.6 is 11.3 Å². The molecule has 4 aromatic rings. The van der Waals surface area contributed by atoms with E-state index >= 15 is 0 Å². The third-order valence-electron chi connectivity index (χ3n) is 4.65. The highest BCUT2D eigenvalue weighted by Crippen LogP contribution is 2.19. The number of ketones is 1. The summed E-state index contributed by atoms with van der Waals surface area (Å²) >= 11 is 1.16. The molecule has 0 saturated heterocycles. The highest BCUT2D eigenvalue weighted by molar-refractivity contribution is 7.19. The van der Waals surface area contributed by atoms with Crippen LogP contribution in [0.4, 0.5) is 0 Å². The van der Waals surface area contributed by atoms with Gasteiger partial charge in [0.1, 0.15) is 4.83 Å². The molecule has 0 radical (unpaired) electrons. The van der Waals surface area contributed by atoms with E-state index in [4.69, 9.17) is 0 Å². The fourth-order valence-corrected chi connectivity index (χ4v) is 4.11. The number of rotatable bonds is 5. The Morgan fingerprint density at radius 2 is 1.66 bits per heavy atom. The molecule has 144 valence electrons. The van der Waals surface area contributed by atoms with Gasteiger partial charge in [0.2, 0.25) is 0 Å². The second-order valence-electron chi connectivity index (χ2n) is 6.66. The number of nitrogens with zero attached hydrogens (tertiary/aromatic N) is 2. The van der Waals surface area contributed by atoms with Crippen LogP contribution < -0.4 is 11.2 Å². The van der Waals surface area contributed by atoms with Crippen LogP contribution in [0.2, 0.25) is 0 Å². The Bertz CT molecular complexity index is 1330. The van der Waals surface area contributed by atoms with Crippen LogP contribution in [0.1, 0.15) is 26.4 Å². The molecule has 5 nitrogen and oxygen atoms in total. The number of hydrogen-bond acceptors (Lipinski definition) is 4. The second kappa shape index (κ2) is 7.85. The van der Waals surface area contributed by atoms with Crippen molar-refractivity contribution in [2.75, 3.05) is 0 Å². The molecule has 2 aromatic heterocycles. The second-order valence-corrected chi connectivity index (χ2v) is 7.69. The molecule has 2 heterocycles. The molecule has 0 fully saturated rings. The minimum atomic E-state index is -0.443. The van der Waals surface area contributed by atoms with Crippen LogP contribution in [0.25, 0.3) is 10.9 Å². The molecule has 0 atom stereocenters. The summed E-state index contributed by atoms with van der Waals surface area (Å²) in [6, 6.07) is 18.9. The average molecular weight is 402 g/mol. The molecule has 0 N–H and O–H groups in total. The van der Waals surface area contributed by atoms with Gasteiger partial charge in [-0.2, -0.15) is 0 Å². The summed E-state index contributed by atoms with van der Waals surface area (Å²) in [5, 5.41) is 0. The van der Waals surface area contributed by atoms with Gasteiger partial charge in [0.25, 0.3) is 5.56 Å². The Kier molecular flexibility index (Phi) is 5.10. The fourth-order valence-electron chi connectivity index (χ4n) is 3.10. The molecule has 0 aliphatic carbocycles. The third-order valence-corrected chi connectivity index (χ3v) is 5.87. The van der Waals surface area contributed by atoms with Gasteiger partial charge in [-0.3, -0.25) is 18.6 Å². The van der Waals surface area contributed by atoms with Crippen molar-refractivity contribution in [3.63, 3.8) is 0 Å². The van der Waals surface area contributed by atoms with Crippen molar-refractivity contribution >= 4 is 28.0 Å². The van der Waals surface area contributed by atoms with Crippen molar-refractivity contribution in [2.45, 2.75) is 13.5 Å². The highest BCUT2D eigenvalue weighted by atomic mass is 32.1. The summed E-state index contributed by atoms with van der Waals surface area (Å²) in [6.45, 7) is 1.87. The van der Waals surface area contributed by atoms with Crippen LogP contribution in [0, 0.1) is 6.92 Å². The minimum Gasteiger partial charge on any atom is -0.288 e. The van der Waals surface area contributed by atoms with Crippen molar-refractivity contribution in [1.82, 2.24) is 8.97 Å². The molecule has 6 heteroatoms. The number of aryl methyl sites for hydroxylation is 1. The Labute approximate surface area is 170 Å². The van der Waals surface area contributed by atoms with Crippen LogP contribution in [0.5, 0.6) is 0 Å². The SMILES string of the molecule is Cc1c(=O)n(Cc2ccccc2)c(=O)n2cc(C(=O)C=Cc3ccccc3)sc12. The lowest BCUT2D eigenvalue weighted by Gasteiger charge is -2.07. The normalized spacial score (nSPS) is 11.3. The molecule has 0 unspecified atom stereocenters. The summed E-state index contributed by atoms with van der Waals surface area (Å²) in [4.78, 5) is 39.2. The lowest BCUT2D eigenvalue weighted by atomic mass is 10.2. The predicted octanol–water partition coefficient (Wildman–Crippen LogP) is 3.78. The predicted molar refractivity (Wildman–Crippen MR) is 116 cm³/mol. The maximum absolute atomic E-state index is 12.9. The van der Waals surface area contributed by atoms with Crippen molar-refractivity contribution in [2.24, 2.45) is 0 Å². The Hall–Kier alpha value is -3.51. The summed E-state index contributed by atoms with van der Waals surface area (Å²) in [5.74, 6) is -0.205. The van der Waals surface area contributed by atoms with Gasteiger partial charge in [0.15, 0.2) is 5.78 Å². The summed E-state index contributed by atoms with van der Waals surface area (Å²) in [5.41, 5.74) is 1.46. The zero-order valence-corrected chi connectivity index (χ0v) is 16.6.